The summed E-state index contributed by atoms with van der Waals surface area (Å²) in [5, 5.41) is 28.9. The minimum absolute atomic E-state index is 0.721. The molecule has 0 spiro atoms. The molecule has 0 heterocycles. The summed E-state index contributed by atoms with van der Waals surface area (Å²) in [6.07, 6.45) is 0. The van der Waals surface area contributed by atoms with Gasteiger partial charge in [0.15, 0.2) is 23.1 Å². The Hall–Kier alpha value is -2.90. The molecule has 0 aliphatic heterocycles. The lowest BCUT2D eigenvalue weighted by Gasteiger charge is -2.14. The lowest BCUT2D eigenvalue weighted by Crippen LogP contribution is -2.18. The minimum Gasteiger partial charge on any atom is -0.504 e. The molecule has 0 aromatic heterocycles. The fourth-order valence-corrected chi connectivity index (χ4v) is 1.78. The molecule has 1 aromatic carbocycles. The number of ether oxygens (including phenoxy) is 1. The summed E-state index contributed by atoms with van der Waals surface area (Å²) in [7, 11) is 0. The minimum atomic E-state index is -1.40. The van der Waals surface area contributed by atoms with Gasteiger partial charge in [0.2, 0.25) is 5.75 Å². The standard InChI is InChI=1S/C13H12O8/c1-4(14)7-9(13(20)21-6(3)16)8(5(2)15)11(18)12(19)10(7)17/h17-19H,1-3H3. The number of ketones is 2. The SMILES string of the molecule is CC(=O)OC(=O)c1c(C(C)=O)c(O)c(O)c(O)c1C(C)=O. The van der Waals surface area contributed by atoms with Gasteiger partial charge >= 0.3 is 11.9 Å². The molecule has 8 nitrogen and oxygen atoms in total. The Bertz CT molecular complexity index is 630. The van der Waals surface area contributed by atoms with Gasteiger partial charge in [0.1, 0.15) is 0 Å². The molecule has 21 heavy (non-hydrogen) atoms. The molecular formula is C13H12O8. The lowest BCUT2D eigenvalue weighted by atomic mass is 9.93. The molecule has 112 valence electrons. The van der Waals surface area contributed by atoms with E-state index in [2.05, 4.69) is 4.74 Å². The van der Waals surface area contributed by atoms with Crippen molar-refractivity contribution in [1.82, 2.24) is 0 Å². The van der Waals surface area contributed by atoms with Gasteiger partial charge in [0.25, 0.3) is 0 Å². The second-order valence-electron chi connectivity index (χ2n) is 4.16. The van der Waals surface area contributed by atoms with E-state index in [-0.39, 0.29) is 0 Å². The number of phenolic OH excluding ortho intramolecular Hbond substituents is 3. The average molecular weight is 296 g/mol. The van der Waals surface area contributed by atoms with E-state index in [1.807, 2.05) is 0 Å². The molecule has 0 amide bonds. The molecule has 0 saturated heterocycles. The van der Waals surface area contributed by atoms with E-state index in [1.165, 1.54) is 0 Å². The van der Waals surface area contributed by atoms with Crippen molar-refractivity contribution in [3.8, 4) is 17.2 Å². The van der Waals surface area contributed by atoms with Crippen molar-refractivity contribution >= 4 is 23.5 Å². The fourth-order valence-electron chi connectivity index (χ4n) is 1.78. The molecule has 0 radical (unpaired) electrons. The van der Waals surface area contributed by atoms with E-state index in [9.17, 15) is 34.5 Å². The van der Waals surface area contributed by atoms with Gasteiger partial charge in [-0.05, 0) is 13.8 Å². The van der Waals surface area contributed by atoms with Crippen molar-refractivity contribution in [3.63, 3.8) is 0 Å². The van der Waals surface area contributed by atoms with Crippen molar-refractivity contribution in [2.45, 2.75) is 20.8 Å². The first-order chi connectivity index (χ1) is 9.59. The number of Topliss-reactive ketones (excluding diaryl/α,β-unsaturated/α-hetero) is 2. The summed E-state index contributed by atoms with van der Waals surface area (Å²) in [6.45, 7) is 2.83. The molecule has 0 unspecified atom stereocenters. The van der Waals surface area contributed by atoms with Crippen molar-refractivity contribution < 1.29 is 39.2 Å². The second kappa shape index (κ2) is 5.61. The highest BCUT2D eigenvalue weighted by Gasteiger charge is 2.33. The number of hydrogen-bond acceptors (Lipinski definition) is 8. The number of aromatic hydroxyl groups is 3. The number of carbonyl (C=O) groups is 4. The number of rotatable bonds is 3. The largest absolute Gasteiger partial charge is 0.504 e. The topological polar surface area (TPSA) is 138 Å². The molecular weight excluding hydrogens is 284 g/mol. The van der Waals surface area contributed by atoms with Gasteiger partial charge < -0.3 is 20.1 Å². The Morgan fingerprint density at radius 3 is 1.38 bits per heavy atom. The van der Waals surface area contributed by atoms with Crippen LogP contribution >= 0.6 is 0 Å². The van der Waals surface area contributed by atoms with E-state index in [1.54, 1.807) is 0 Å². The van der Waals surface area contributed by atoms with E-state index < -0.39 is 57.4 Å². The van der Waals surface area contributed by atoms with E-state index in [4.69, 9.17) is 0 Å². The predicted octanol–water partition coefficient (Wildman–Crippen LogP) is 0.912. The van der Waals surface area contributed by atoms with Crippen LogP contribution in [0.5, 0.6) is 17.2 Å². The molecule has 3 N–H and O–H groups in total. The van der Waals surface area contributed by atoms with Crippen molar-refractivity contribution in [2.24, 2.45) is 0 Å². The van der Waals surface area contributed by atoms with Crippen LogP contribution in [-0.4, -0.2) is 38.8 Å². The summed E-state index contributed by atoms with van der Waals surface area (Å²) in [6, 6.07) is 0. The third-order valence-corrected chi connectivity index (χ3v) is 2.57. The maximum absolute atomic E-state index is 11.9. The average Bonchev–Trinajstić information content (AvgIpc) is 2.33. The van der Waals surface area contributed by atoms with E-state index >= 15 is 0 Å². The molecule has 0 aliphatic carbocycles. The van der Waals surface area contributed by atoms with Gasteiger partial charge in [-0.25, -0.2) is 4.79 Å². The molecule has 0 atom stereocenters. The molecule has 0 bridgehead atoms. The van der Waals surface area contributed by atoms with Gasteiger partial charge in [-0.15, -0.1) is 0 Å². The van der Waals surface area contributed by atoms with Crippen LogP contribution < -0.4 is 0 Å². The van der Waals surface area contributed by atoms with Crippen LogP contribution in [0.25, 0.3) is 0 Å². The monoisotopic (exact) mass is 296 g/mol. The van der Waals surface area contributed by atoms with Crippen LogP contribution in [0.4, 0.5) is 0 Å². The predicted molar refractivity (Wildman–Crippen MR) is 67.5 cm³/mol. The second-order valence-corrected chi connectivity index (χ2v) is 4.16. The highest BCUT2D eigenvalue weighted by atomic mass is 16.6. The van der Waals surface area contributed by atoms with Crippen LogP contribution in [0.15, 0.2) is 0 Å². The quantitative estimate of drug-likeness (QED) is 0.324. The Morgan fingerprint density at radius 2 is 1.10 bits per heavy atom. The van der Waals surface area contributed by atoms with Crippen molar-refractivity contribution in [3.05, 3.63) is 16.7 Å². The number of carbonyl (C=O) groups excluding carboxylic acids is 4. The van der Waals surface area contributed by atoms with Crippen LogP contribution in [0.3, 0.4) is 0 Å². The lowest BCUT2D eigenvalue weighted by molar-refractivity contribution is -0.135. The number of hydrogen-bond donors (Lipinski definition) is 3. The smallest absolute Gasteiger partial charge is 0.347 e. The van der Waals surface area contributed by atoms with Crippen LogP contribution in [0.2, 0.25) is 0 Å². The molecule has 1 rings (SSSR count). The third kappa shape index (κ3) is 2.83. The van der Waals surface area contributed by atoms with Gasteiger partial charge in [-0.1, -0.05) is 0 Å². The molecule has 1 aromatic rings. The van der Waals surface area contributed by atoms with Crippen LogP contribution in [-0.2, 0) is 9.53 Å². The molecule has 0 fully saturated rings. The highest BCUT2D eigenvalue weighted by Crippen LogP contribution is 2.43. The fraction of sp³-hybridized carbons (Fsp3) is 0.231. The van der Waals surface area contributed by atoms with E-state index in [0.717, 1.165) is 20.8 Å². The third-order valence-electron chi connectivity index (χ3n) is 2.57. The van der Waals surface area contributed by atoms with E-state index in [0.29, 0.717) is 0 Å². The summed E-state index contributed by atoms with van der Waals surface area (Å²) in [5.74, 6) is -7.45. The Morgan fingerprint density at radius 1 is 0.714 bits per heavy atom. The summed E-state index contributed by atoms with van der Waals surface area (Å²) >= 11 is 0. The first-order valence-electron chi connectivity index (χ1n) is 5.65. The van der Waals surface area contributed by atoms with Crippen LogP contribution in [0, 0.1) is 0 Å². The molecule has 0 saturated carbocycles. The maximum atomic E-state index is 11.9. The zero-order valence-corrected chi connectivity index (χ0v) is 11.4. The normalized spacial score (nSPS) is 10.0. The van der Waals surface area contributed by atoms with Gasteiger partial charge in [0, 0.05) is 6.92 Å². The molecule has 8 heteroatoms. The van der Waals surface area contributed by atoms with Gasteiger partial charge in [-0.2, -0.15) is 0 Å². The molecule has 0 aliphatic rings. The summed E-state index contributed by atoms with van der Waals surface area (Å²) < 4.78 is 4.28. The van der Waals surface area contributed by atoms with Crippen LogP contribution in [0.1, 0.15) is 51.8 Å². The Balaban J connectivity index is 3.87. The summed E-state index contributed by atoms with van der Waals surface area (Å²) in [5.41, 5.74) is -2.22. The number of esters is 2. The first-order valence-corrected chi connectivity index (χ1v) is 5.65. The van der Waals surface area contributed by atoms with Gasteiger partial charge in [-0.3, -0.25) is 14.4 Å². The van der Waals surface area contributed by atoms with Crippen molar-refractivity contribution in [2.75, 3.05) is 0 Å². The first kappa shape index (κ1) is 16.2. The maximum Gasteiger partial charge on any atom is 0.347 e. The number of benzene rings is 1. The Labute approximate surface area is 118 Å². The van der Waals surface area contributed by atoms with Crippen molar-refractivity contribution in [1.29, 1.82) is 0 Å². The zero-order valence-electron chi connectivity index (χ0n) is 11.4. The van der Waals surface area contributed by atoms with Gasteiger partial charge in [0.05, 0.1) is 16.7 Å². The highest BCUT2D eigenvalue weighted by molar-refractivity contribution is 6.17. The zero-order chi connectivity index (χ0) is 16.5. The number of phenols is 3. The Kier molecular flexibility index (Phi) is 4.32. The summed E-state index contributed by atoms with van der Waals surface area (Å²) in [4.78, 5) is 45.8.